The first-order valence-corrected chi connectivity index (χ1v) is 11.6. The number of hydrogen-bond donors (Lipinski definition) is 0. The molecule has 4 rings (SSSR count). The second kappa shape index (κ2) is 8.05. The number of halogens is 2. The molecule has 0 atom stereocenters. The number of pyridine rings is 1. The molecule has 1 fully saturated rings. The Morgan fingerprint density at radius 1 is 1.03 bits per heavy atom. The highest BCUT2D eigenvalue weighted by atomic mass is 79.9. The molecule has 2 heterocycles. The lowest BCUT2D eigenvalue weighted by Crippen LogP contribution is -2.50. The van der Waals surface area contributed by atoms with Gasteiger partial charge in [0.15, 0.2) is 0 Å². The van der Waals surface area contributed by atoms with Gasteiger partial charge in [-0.25, -0.2) is 12.8 Å². The number of hydrogen-bond acceptors (Lipinski definition) is 4. The normalized spacial score (nSPS) is 15.5. The van der Waals surface area contributed by atoms with Gasteiger partial charge in [-0.3, -0.25) is 9.78 Å². The Hall–Kier alpha value is -2.36. The Labute approximate surface area is 182 Å². The van der Waals surface area contributed by atoms with Gasteiger partial charge in [0.05, 0.1) is 21.7 Å². The smallest absolute Gasteiger partial charge is 0.255 e. The van der Waals surface area contributed by atoms with Crippen molar-refractivity contribution in [2.75, 3.05) is 26.2 Å². The zero-order valence-electron chi connectivity index (χ0n) is 16.2. The number of rotatable bonds is 3. The maximum absolute atomic E-state index is 13.4. The highest BCUT2D eigenvalue weighted by Gasteiger charge is 2.31. The van der Waals surface area contributed by atoms with Crippen molar-refractivity contribution < 1.29 is 17.6 Å². The first kappa shape index (κ1) is 20.9. The molecule has 6 nitrogen and oxygen atoms in total. The Morgan fingerprint density at radius 2 is 1.70 bits per heavy atom. The van der Waals surface area contributed by atoms with Crippen LogP contribution < -0.4 is 0 Å². The number of sulfonamides is 1. The molecular weight excluding hydrogens is 473 g/mol. The second-order valence-electron chi connectivity index (χ2n) is 7.11. The van der Waals surface area contributed by atoms with E-state index in [-0.39, 0.29) is 42.8 Å². The highest BCUT2D eigenvalue weighted by Crippen LogP contribution is 2.22. The van der Waals surface area contributed by atoms with Gasteiger partial charge in [0.1, 0.15) is 5.82 Å². The molecule has 1 aliphatic heterocycles. The summed E-state index contributed by atoms with van der Waals surface area (Å²) in [5.74, 6) is -0.580. The fourth-order valence-corrected chi connectivity index (χ4v) is 5.20. The van der Waals surface area contributed by atoms with Gasteiger partial charge < -0.3 is 4.90 Å². The van der Waals surface area contributed by atoms with Crippen LogP contribution >= 0.6 is 15.9 Å². The maximum Gasteiger partial charge on any atom is 0.255 e. The average Bonchev–Trinajstić information content (AvgIpc) is 2.73. The number of carbonyl (C=O) groups is 1. The highest BCUT2D eigenvalue weighted by molar-refractivity contribution is 9.10. The molecule has 1 saturated heterocycles. The van der Waals surface area contributed by atoms with E-state index in [1.54, 1.807) is 48.2 Å². The number of aryl methyl sites for hydroxylation is 1. The fourth-order valence-electron chi connectivity index (χ4n) is 3.51. The molecule has 0 bridgehead atoms. The summed E-state index contributed by atoms with van der Waals surface area (Å²) < 4.78 is 41.3. The Morgan fingerprint density at radius 3 is 2.37 bits per heavy atom. The average molecular weight is 492 g/mol. The molecule has 0 unspecified atom stereocenters. The number of nitrogens with zero attached hydrogens (tertiary/aromatic N) is 3. The van der Waals surface area contributed by atoms with Crippen molar-refractivity contribution in [3.8, 4) is 0 Å². The lowest BCUT2D eigenvalue weighted by atomic mass is 10.1. The van der Waals surface area contributed by atoms with Gasteiger partial charge in [-0.05, 0) is 49.4 Å². The van der Waals surface area contributed by atoms with Gasteiger partial charge in [0, 0.05) is 42.1 Å². The Balaban J connectivity index is 1.51. The van der Waals surface area contributed by atoms with Crippen LogP contribution in [0.3, 0.4) is 0 Å². The summed E-state index contributed by atoms with van der Waals surface area (Å²) in [7, 11) is -3.61. The molecule has 1 aliphatic rings. The van der Waals surface area contributed by atoms with Gasteiger partial charge in [-0.2, -0.15) is 4.31 Å². The van der Waals surface area contributed by atoms with Crippen LogP contribution in [0.4, 0.5) is 4.39 Å². The Bertz CT molecular complexity index is 1220. The van der Waals surface area contributed by atoms with Crippen LogP contribution in [-0.4, -0.2) is 54.7 Å². The molecule has 1 amide bonds. The van der Waals surface area contributed by atoms with Crippen molar-refractivity contribution in [2.45, 2.75) is 11.8 Å². The molecule has 30 heavy (non-hydrogen) atoms. The molecule has 0 spiro atoms. The van der Waals surface area contributed by atoms with E-state index in [0.29, 0.717) is 22.2 Å². The van der Waals surface area contributed by atoms with Crippen molar-refractivity contribution in [1.82, 2.24) is 14.2 Å². The van der Waals surface area contributed by atoms with Crippen molar-refractivity contribution in [1.29, 1.82) is 0 Å². The maximum atomic E-state index is 13.4. The summed E-state index contributed by atoms with van der Waals surface area (Å²) in [6.45, 7) is 2.72. The molecule has 0 aliphatic carbocycles. The summed E-state index contributed by atoms with van der Waals surface area (Å²) in [4.78, 5) is 19.3. The number of piperazine rings is 1. The summed E-state index contributed by atoms with van der Waals surface area (Å²) >= 11 is 3.30. The monoisotopic (exact) mass is 491 g/mol. The number of amides is 1. The minimum Gasteiger partial charge on any atom is -0.336 e. The molecular formula is C21H19BrFN3O3S. The summed E-state index contributed by atoms with van der Waals surface area (Å²) in [6, 6.07) is 12.5. The zero-order chi connectivity index (χ0) is 21.5. The molecule has 1 aromatic heterocycles. The van der Waals surface area contributed by atoms with Crippen molar-refractivity contribution >= 4 is 42.8 Å². The number of carbonyl (C=O) groups excluding carboxylic acids is 1. The SMILES string of the molecule is Cc1nc2cc(F)ccc2cc1C(=O)N1CCN(S(=O)(=O)c2ccc(Br)cc2)CC1. The summed E-state index contributed by atoms with van der Waals surface area (Å²) in [5, 5.41) is 0.682. The van der Waals surface area contributed by atoms with Gasteiger partial charge in [0.2, 0.25) is 10.0 Å². The van der Waals surface area contributed by atoms with Gasteiger partial charge in [-0.15, -0.1) is 0 Å². The van der Waals surface area contributed by atoms with Crippen molar-refractivity contribution in [3.05, 3.63) is 70.1 Å². The minimum absolute atomic E-state index is 0.202. The van der Waals surface area contributed by atoms with Crippen LogP contribution in [0.2, 0.25) is 0 Å². The number of fused-ring (bicyclic) bond motifs is 1. The third kappa shape index (κ3) is 3.97. The number of benzene rings is 2. The van der Waals surface area contributed by atoms with Gasteiger partial charge >= 0.3 is 0 Å². The largest absolute Gasteiger partial charge is 0.336 e. The summed E-state index contributed by atoms with van der Waals surface area (Å²) in [6.07, 6.45) is 0. The second-order valence-corrected chi connectivity index (χ2v) is 9.96. The minimum atomic E-state index is -3.61. The predicted octanol–water partition coefficient (Wildman–Crippen LogP) is 3.59. The fraction of sp³-hybridized carbons (Fsp3) is 0.238. The van der Waals surface area contributed by atoms with Crippen LogP contribution in [0, 0.1) is 12.7 Å². The van der Waals surface area contributed by atoms with Crippen LogP contribution in [-0.2, 0) is 10.0 Å². The van der Waals surface area contributed by atoms with Gasteiger partial charge in [-0.1, -0.05) is 15.9 Å². The van der Waals surface area contributed by atoms with E-state index in [1.807, 2.05) is 0 Å². The van der Waals surface area contributed by atoms with Crippen LogP contribution in [0.25, 0.3) is 10.9 Å². The molecule has 0 saturated carbocycles. The zero-order valence-corrected chi connectivity index (χ0v) is 18.6. The number of aromatic nitrogens is 1. The van der Waals surface area contributed by atoms with E-state index in [0.717, 1.165) is 4.47 Å². The summed E-state index contributed by atoms with van der Waals surface area (Å²) in [5.41, 5.74) is 1.45. The van der Waals surface area contributed by atoms with Crippen LogP contribution in [0.15, 0.2) is 57.9 Å². The van der Waals surface area contributed by atoms with Crippen molar-refractivity contribution in [2.24, 2.45) is 0 Å². The van der Waals surface area contributed by atoms with E-state index < -0.39 is 10.0 Å². The third-order valence-corrected chi connectivity index (χ3v) is 7.62. The van der Waals surface area contributed by atoms with E-state index in [2.05, 4.69) is 20.9 Å². The molecule has 0 N–H and O–H groups in total. The first-order valence-electron chi connectivity index (χ1n) is 9.37. The lowest BCUT2D eigenvalue weighted by Gasteiger charge is -2.34. The van der Waals surface area contributed by atoms with Crippen molar-refractivity contribution in [3.63, 3.8) is 0 Å². The van der Waals surface area contributed by atoms with Crippen LogP contribution in [0.5, 0.6) is 0 Å². The molecule has 9 heteroatoms. The van der Waals surface area contributed by atoms with E-state index in [4.69, 9.17) is 0 Å². The van der Waals surface area contributed by atoms with E-state index in [9.17, 15) is 17.6 Å². The van der Waals surface area contributed by atoms with E-state index in [1.165, 1.54) is 16.4 Å². The lowest BCUT2D eigenvalue weighted by molar-refractivity contribution is 0.0697. The quantitative estimate of drug-likeness (QED) is 0.561. The molecule has 3 aromatic rings. The van der Waals surface area contributed by atoms with Crippen LogP contribution in [0.1, 0.15) is 16.1 Å². The predicted molar refractivity (Wildman–Crippen MR) is 115 cm³/mol. The Kier molecular flexibility index (Phi) is 5.61. The molecule has 2 aromatic carbocycles. The molecule has 156 valence electrons. The molecule has 0 radical (unpaired) electrons. The topological polar surface area (TPSA) is 70.6 Å². The van der Waals surface area contributed by atoms with Gasteiger partial charge in [0.25, 0.3) is 5.91 Å². The van der Waals surface area contributed by atoms with E-state index >= 15 is 0 Å². The first-order chi connectivity index (χ1) is 14.3. The third-order valence-electron chi connectivity index (χ3n) is 5.18. The standard InChI is InChI=1S/C21H19BrFN3O3S/c1-14-19(12-15-2-5-17(23)13-20(15)24-14)21(27)25-8-10-26(11-9-25)30(28,29)18-6-3-16(22)4-7-18/h2-7,12-13H,8-11H2,1H3.